The van der Waals surface area contributed by atoms with Gasteiger partial charge in [-0.3, -0.25) is 9.59 Å². The molecule has 1 atom stereocenters. The van der Waals surface area contributed by atoms with Crippen LogP contribution in [-0.2, 0) is 16.0 Å². The highest BCUT2D eigenvalue weighted by Gasteiger charge is 2.40. The van der Waals surface area contributed by atoms with E-state index in [4.69, 9.17) is 0 Å². The fraction of sp³-hybridized carbons (Fsp3) is 0.222. The third-order valence-electron chi connectivity index (χ3n) is 3.95. The van der Waals surface area contributed by atoms with Crippen LogP contribution in [0.5, 0.6) is 0 Å². The maximum Gasteiger partial charge on any atom is 0.247 e. The number of amides is 2. The summed E-state index contributed by atoms with van der Waals surface area (Å²) < 4.78 is 0. The molecule has 0 radical (unpaired) electrons. The van der Waals surface area contributed by atoms with Gasteiger partial charge in [-0.2, -0.15) is 0 Å². The third kappa shape index (κ3) is 3.41. The van der Waals surface area contributed by atoms with Crippen LogP contribution < -0.4 is 10.0 Å². The minimum absolute atomic E-state index is 0.00207. The van der Waals surface area contributed by atoms with Crippen molar-refractivity contribution >= 4 is 35.2 Å². The number of thioether (sulfide) groups is 1. The minimum atomic E-state index is -1.36. The van der Waals surface area contributed by atoms with Gasteiger partial charge in [0, 0.05) is 18.2 Å². The lowest BCUT2D eigenvalue weighted by atomic mass is 10.1. The summed E-state index contributed by atoms with van der Waals surface area (Å²) >= 11 is 0.980. The number of aryl methyl sites for hydroxylation is 1. The summed E-state index contributed by atoms with van der Waals surface area (Å²) in [5, 5.41) is 10.6. The van der Waals surface area contributed by atoms with E-state index < -0.39 is 11.2 Å². The number of carboxylic acids is 1. The Morgan fingerprint density at radius 3 is 2.64 bits per heavy atom. The first-order valence-electron chi connectivity index (χ1n) is 7.80. The van der Waals surface area contributed by atoms with Crippen LogP contribution in [0, 0.1) is 0 Å². The van der Waals surface area contributed by atoms with Crippen LogP contribution in [0.1, 0.15) is 29.3 Å². The highest BCUT2D eigenvalue weighted by molar-refractivity contribution is 8.00. The Balaban J connectivity index is 1.83. The monoisotopic (exact) mass is 355 g/mol. The zero-order chi connectivity index (χ0) is 18.0. The van der Waals surface area contributed by atoms with Crippen molar-refractivity contribution in [3.8, 4) is 0 Å². The number of pyridine rings is 1. The lowest BCUT2D eigenvalue weighted by molar-refractivity contribution is -0.255. The molecule has 1 saturated heterocycles. The van der Waals surface area contributed by atoms with Gasteiger partial charge in [0.2, 0.25) is 11.8 Å². The smallest absolute Gasteiger partial charge is 0.247 e. The van der Waals surface area contributed by atoms with Crippen molar-refractivity contribution in [3.63, 3.8) is 0 Å². The third-order valence-corrected chi connectivity index (χ3v) is 5.15. The van der Waals surface area contributed by atoms with Crippen LogP contribution in [-0.4, -0.2) is 28.0 Å². The van der Waals surface area contributed by atoms with E-state index in [1.807, 2.05) is 19.1 Å². The van der Waals surface area contributed by atoms with Crippen LogP contribution in [0.2, 0.25) is 0 Å². The number of nitrogens with zero attached hydrogens (tertiary/aromatic N) is 2. The van der Waals surface area contributed by atoms with E-state index in [0.29, 0.717) is 5.69 Å². The maximum absolute atomic E-state index is 12.6. The summed E-state index contributed by atoms with van der Waals surface area (Å²) in [5.41, 5.74) is 1.55. The summed E-state index contributed by atoms with van der Waals surface area (Å²) in [6.07, 6.45) is 2.31. The Hall–Kier alpha value is -2.67. The predicted octanol–water partition coefficient (Wildman–Crippen LogP) is 1.43. The second kappa shape index (κ2) is 7.06. The molecule has 1 aliphatic rings. The van der Waals surface area contributed by atoms with E-state index in [-0.39, 0.29) is 28.8 Å². The van der Waals surface area contributed by atoms with Gasteiger partial charge in [0.15, 0.2) is 0 Å². The van der Waals surface area contributed by atoms with Crippen molar-refractivity contribution in [1.82, 2.24) is 4.98 Å². The first-order valence-corrected chi connectivity index (χ1v) is 8.68. The molecule has 0 saturated carbocycles. The number of carbonyl (C=O) groups excluding carboxylic acids is 3. The molecule has 6 nitrogen and oxygen atoms in total. The number of carboxylic acid groups (broad SMARTS) is 1. The lowest BCUT2D eigenvalue weighted by Gasteiger charge is -2.16. The zero-order valence-electron chi connectivity index (χ0n) is 13.5. The van der Waals surface area contributed by atoms with Gasteiger partial charge < -0.3 is 9.90 Å². The topological polar surface area (TPSA) is 90.4 Å². The lowest BCUT2D eigenvalue weighted by Crippen LogP contribution is -2.31. The summed E-state index contributed by atoms with van der Waals surface area (Å²) in [6, 6.07) is 10.1. The van der Waals surface area contributed by atoms with Crippen LogP contribution in [0.25, 0.3) is 0 Å². The van der Waals surface area contributed by atoms with Gasteiger partial charge >= 0.3 is 0 Å². The number of aromatic nitrogens is 1. The second-order valence-corrected chi connectivity index (χ2v) is 6.73. The van der Waals surface area contributed by atoms with Gasteiger partial charge in [-0.1, -0.05) is 30.8 Å². The van der Waals surface area contributed by atoms with Crippen LogP contribution in [0.3, 0.4) is 0 Å². The van der Waals surface area contributed by atoms with Crippen LogP contribution in [0.4, 0.5) is 5.69 Å². The maximum atomic E-state index is 12.6. The van der Waals surface area contributed by atoms with E-state index >= 15 is 0 Å². The van der Waals surface area contributed by atoms with Gasteiger partial charge in [0.25, 0.3) is 0 Å². The molecule has 2 amide bonds. The number of imide groups is 1. The first kappa shape index (κ1) is 17.2. The van der Waals surface area contributed by atoms with Gasteiger partial charge in [-0.15, -0.1) is 0 Å². The molecule has 25 heavy (non-hydrogen) atoms. The SMILES string of the molecule is CCc1ccc(N2C(=O)CC(Sc3ncccc3C(=O)[O-])C2=O)cc1. The van der Waals surface area contributed by atoms with Gasteiger partial charge in [-0.25, -0.2) is 9.88 Å². The number of rotatable bonds is 5. The van der Waals surface area contributed by atoms with Crippen molar-refractivity contribution in [2.24, 2.45) is 0 Å². The van der Waals surface area contributed by atoms with Crippen molar-refractivity contribution in [2.45, 2.75) is 30.0 Å². The van der Waals surface area contributed by atoms with E-state index in [1.54, 1.807) is 12.1 Å². The summed E-state index contributed by atoms with van der Waals surface area (Å²) in [7, 11) is 0. The Morgan fingerprint density at radius 1 is 1.28 bits per heavy atom. The predicted molar refractivity (Wildman–Crippen MR) is 91.1 cm³/mol. The molecule has 0 aliphatic carbocycles. The van der Waals surface area contributed by atoms with Crippen molar-refractivity contribution in [2.75, 3.05) is 4.90 Å². The fourth-order valence-electron chi connectivity index (χ4n) is 2.62. The van der Waals surface area contributed by atoms with Crippen molar-refractivity contribution < 1.29 is 19.5 Å². The first-order chi connectivity index (χ1) is 12.0. The second-order valence-electron chi connectivity index (χ2n) is 5.54. The average Bonchev–Trinajstić information content (AvgIpc) is 2.89. The molecule has 128 valence electrons. The summed E-state index contributed by atoms with van der Waals surface area (Å²) in [5.74, 6) is -2.04. The standard InChI is InChI=1S/C18H16N2O4S/c1-2-11-5-7-12(8-6-11)20-15(21)10-14(17(20)22)25-16-13(18(23)24)4-3-9-19-16/h3-9,14H,2,10H2,1H3,(H,23,24)/p-1. The Bertz CT molecular complexity index is 835. The molecule has 3 rings (SSSR count). The van der Waals surface area contributed by atoms with E-state index in [0.717, 1.165) is 28.6 Å². The Labute approximate surface area is 148 Å². The number of carbonyl (C=O) groups is 3. The quantitative estimate of drug-likeness (QED) is 0.754. The molecule has 7 heteroatoms. The van der Waals surface area contributed by atoms with Crippen molar-refractivity contribution in [1.29, 1.82) is 0 Å². The van der Waals surface area contributed by atoms with E-state index in [2.05, 4.69) is 4.98 Å². The molecule has 1 fully saturated rings. The molecule has 2 heterocycles. The molecule has 0 spiro atoms. The summed E-state index contributed by atoms with van der Waals surface area (Å²) in [6.45, 7) is 2.02. The van der Waals surface area contributed by atoms with Gasteiger partial charge in [0.1, 0.15) is 5.03 Å². The molecule has 2 aromatic rings. The molecule has 1 aromatic carbocycles. The average molecular weight is 355 g/mol. The number of anilines is 1. The van der Waals surface area contributed by atoms with Crippen LogP contribution >= 0.6 is 11.8 Å². The summed E-state index contributed by atoms with van der Waals surface area (Å²) in [4.78, 5) is 41.3. The number of hydrogen-bond acceptors (Lipinski definition) is 6. The highest BCUT2D eigenvalue weighted by Crippen LogP contribution is 2.34. The fourth-order valence-corrected chi connectivity index (χ4v) is 3.72. The number of aromatic carboxylic acids is 1. The number of hydrogen-bond donors (Lipinski definition) is 0. The highest BCUT2D eigenvalue weighted by atomic mass is 32.2. The Morgan fingerprint density at radius 2 is 2.00 bits per heavy atom. The van der Waals surface area contributed by atoms with E-state index in [9.17, 15) is 19.5 Å². The molecular formula is C18H15N2O4S-. The molecular weight excluding hydrogens is 340 g/mol. The molecule has 0 bridgehead atoms. The largest absolute Gasteiger partial charge is 0.545 e. The molecule has 1 aromatic heterocycles. The van der Waals surface area contributed by atoms with Gasteiger partial charge in [-0.05, 0) is 36.2 Å². The normalized spacial score (nSPS) is 17.2. The van der Waals surface area contributed by atoms with Crippen LogP contribution in [0.15, 0.2) is 47.6 Å². The Kier molecular flexibility index (Phi) is 4.85. The van der Waals surface area contributed by atoms with Gasteiger partial charge in [0.05, 0.1) is 16.9 Å². The molecule has 0 N–H and O–H groups in total. The van der Waals surface area contributed by atoms with E-state index in [1.165, 1.54) is 18.3 Å². The molecule has 1 unspecified atom stereocenters. The van der Waals surface area contributed by atoms with Crippen molar-refractivity contribution in [3.05, 3.63) is 53.7 Å². The number of benzene rings is 1. The molecule has 1 aliphatic heterocycles. The minimum Gasteiger partial charge on any atom is -0.545 e. The zero-order valence-corrected chi connectivity index (χ0v) is 14.3.